The topological polar surface area (TPSA) is 54.5 Å². The molecule has 1 aromatic carbocycles. The number of pyridine rings is 1. The van der Waals surface area contributed by atoms with Crippen molar-refractivity contribution in [1.29, 1.82) is 5.26 Å². The van der Waals surface area contributed by atoms with Gasteiger partial charge in [0.1, 0.15) is 6.07 Å². The van der Waals surface area contributed by atoms with Gasteiger partial charge in [0, 0.05) is 22.5 Å². The normalized spacial score (nSPS) is 11.4. The monoisotopic (exact) mass is 348 g/mol. The maximum atomic E-state index is 9.50. The zero-order valence-electron chi connectivity index (χ0n) is 14.1. The van der Waals surface area contributed by atoms with Gasteiger partial charge in [-0.15, -0.1) is 0 Å². The molecule has 0 N–H and O–H groups in total. The first-order valence-electron chi connectivity index (χ1n) is 7.90. The molecule has 0 bridgehead atoms. The number of allylic oxidation sites excluding steroid dienone is 1. The van der Waals surface area contributed by atoms with Crippen LogP contribution in [0.1, 0.15) is 28.2 Å². The summed E-state index contributed by atoms with van der Waals surface area (Å²) in [6, 6.07) is 15.5. The number of benzene rings is 1. The van der Waals surface area contributed by atoms with E-state index in [0.29, 0.717) is 17.8 Å². The second-order valence-corrected chi connectivity index (χ2v) is 6.13. The Bertz CT molecular complexity index is 965. The lowest BCUT2D eigenvalue weighted by Gasteiger charge is -2.07. The number of hydrogen-bond acceptors (Lipinski definition) is 3. The minimum absolute atomic E-state index is 0.518. The quantitative estimate of drug-likeness (QED) is 0.644. The summed E-state index contributed by atoms with van der Waals surface area (Å²) < 4.78 is 1.91. The largest absolute Gasteiger partial charge is 0.265 e. The predicted molar refractivity (Wildman–Crippen MR) is 100.0 cm³/mol. The molecule has 3 aromatic rings. The van der Waals surface area contributed by atoms with E-state index in [-0.39, 0.29) is 0 Å². The fraction of sp³-hybridized carbons (Fsp3) is 0.150. The van der Waals surface area contributed by atoms with Crippen LogP contribution < -0.4 is 0 Å². The van der Waals surface area contributed by atoms with E-state index in [1.165, 1.54) is 0 Å². The molecule has 0 aliphatic carbocycles. The van der Waals surface area contributed by atoms with Crippen molar-refractivity contribution in [2.24, 2.45) is 0 Å². The standard InChI is InChI=1S/C20H17ClN4/c1-14-18(11-17(12-22)20-9-5-6-10-23-20)15(2)25(24-14)13-16-7-3-4-8-19(16)21/h3-11H,13H2,1-2H3/b17-11-. The molecule has 0 saturated carbocycles. The third-order valence-corrected chi connectivity index (χ3v) is 4.43. The van der Waals surface area contributed by atoms with E-state index < -0.39 is 0 Å². The number of nitriles is 1. The maximum Gasteiger partial charge on any atom is 0.101 e. The summed E-state index contributed by atoms with van der Waals surface area (Å²) in [5.74, 6) is 0. The molecular weight excluding hydrogens is 332 g/mol. The Balaban J connectivity index is 1.99. The van der Waals surface area contributed by atoms with Crippen LogP contribution in [0.4, 0.5) is 0 Å². The Kier molecular flexibility index (Phi) is 4.97. The Morgan fingerprint density at radius 2 is 1.96 bits per heavy atom. The van der Waals surface area contributed by atoms with Crippen molar-refractivity contribution in [3.8, 4) is 6.07 Å². The van der Waals surface area contributed by atoms with Crippen LogP contribution in [-0.4, -0.2) is 14.8 Å². The Morgan fingerprint density at radius 3 is 2.64 bits per heavy atom. The van der Waals surface area contributed by atoms with Crippen molar-refractivity contribution < 1.29 is 0 Å². The minimum atomic E-state index is 0.518. The lowest BCUT2D eigenvalue weighted by Crippen LogP contribution is -2.04. The molecule has 0 aliphatic heterocycles. The highest BCUT2D eigenvalue weighted by Crippen LogP contribution is 2.23. The van der Waals surface area contributed by atoms with E-state index >= 15 is 0 Å². The Labute approximate surface area is 152 Å². The molecule has 124 valence electrons. The van der Waals surface area contributed by atoms with Gasteiger partial charge in [-0.2, -0.15) is 10.4 Å². The number of hydrogen-bond donors (Lipinski definition) is 0. The van der Waals surface area contributed by atoms with E-state index in [0.717, 1.165) is 27.5 Å². The van der Waals surface area contributed by atoms with Crippen molar-refractivity contribution in [2.45, 2.75) is 20.4 Å². The van der Waals surface area contributed by atoms with Crippen molar-refractivity contribution in [2.75, 3.05) is 0 Å². The highest BCUT2D eigenvalue weighted by Gasteiger charge is 2.13. The van der Waals surface area contributed by atoms with E-state index in [4.69, 9.17) is 11.6 Å². The molecule has 2 heterocycles. The van der Waals surface area contributed by atoms with Gasteiger partial charge in [0.25, 0.3) is 0 Å². The Hall–Kier alpha value is -2.90. The molecule has 0 amide bonds. The molecule has 5 heteroatoms. The summed E-state index contributed by atoms with van der Waals surface area (Å²) in [4.78, 5) is 4.26. The van der Waals surface area contributed by atoms with Crippen molar-refractivity contribution in [1.82, 2.24) is 14.8 Å². The SMILES string of the molecule is Cc1nn(Cc2ccccc2Cl)c(C)c1/C=C(/C#N)c1ccccn1. The summed E-state index contributed by atoms with van der Waals surface area (Å²) in [6.45, 7) is 4.52. The lowest BCUT2D eigenvalue weighted by atomic mass is 10.1. The van der Waals surface area contributed by atoms with E-state index in [2.05, 4.69) is 16.2 Å². The average Bonchev–Trinajstić information content (AvgIpc) is 2.89. The Morgan fingerprint density at radius 1 is 1.20 bits per heavy atom. The second-order valence-electron chi connectivity index (χ2n) is 5.72. The van der Waals surface area contributed by atoms with Crippen molar-refractivity contribution >= 4 is 23.3 Å². The number of halogens is 1. The average molecular weight is 349 g/mol. The van der Waals surface area contributed by atoms with Gasteiger partial charge in [0.2, 0.25) is 0 Å². The predicted octanol–water partition coefficient (Wildman–Crippen LogP) is 4.66. The van der Waals surface area contributed by atoms with Gasteiger partial charge in [0.15, 0.2) is 0 Å². The summed E-state index contributed by atoms with van der Waals surface area (Å²) in [6.07, 6.45) is 3.53. The molecule has 0 radical (unpaired) electrons. The van der Waals surface area contributed by atoms with Gasteiger partial charge in [-0.1, -0.05) is 35.9 Å². The fourth-order valence-corrected chi connectivity index (χ4v) is 2.89. The molecule has 3 rings (SSSR count). The second kappa shape index (κ2) is 7.33. The highest BCUT2D eigenvalue weighted by molar-refractivity contribution is 6.31. The van der Waals surface area contributed by atoms with E-state index in [9.17, 15) is 5.26 Å². The summed E-state index contributed by atoms with van der Waals surface area (Å²) >= 11 is 6.26. The van der Waals surface area contributed by atoms with E-state index in [1.807, 2.05) is 67.1 Å². The molecule has 4 nitrogen and oxygen atoms in total. The highest BCUT2D eigenvalue weighted by atomic mass is 35.5. The smallest absolute Gasteiger partial charge is 0.101 e. The van der Waals surface area contributed by atoms with Crippen molar-refractivity contribution in [3.05, 3.63) is 81.9 Å². The van der Waals surface area contributed by atoms with Crippen LogP contribution in [0.2, 0.25) is 5.02 Å². The van der Waals surface area contributed by atoms with Crippen LogP contribution in [0.25, 0.3) is 11.6 Å². The summed E-state index contributed by atoms with van der Waals surface area (Å²) in [7, 11) is 0. The van der Waals surface area contributed by atoms with Crippen LogP contribution in [0, 0.1) is 25.2 Å². The first kappa shape index (κ1) is 16.9. The number of rotatable bonds is 4. The van der Waals surface area contributed by atoms with Crippen molar-refractivity contribution in [3.63, 3.8) is 0 Å². The molecule has 0 atom stereocenters. The number of aryl methyl sites for hydroxylation is 1. The molecule has 2 aromatic heterocycles. The van der Waals surface area contributed by atoms with Gasteiger partial charge in [-0.3, -0.25) is 9.67 Å². The molecule has 0 fully saturated rings. The molecule has 0 aliphatic rings. The van der Waals surface area contributed by atoms with Crippen LogP contribution in [0.5, 0.6) is 0 Å². The van der Waals surface area contributed by atoms with Crippen LogP contribution in [-0.2, 0) is 6.54 Å². The van der Waals surface area contributed by atoms with Crippen LogP contribution in [0.3, 0.4) is 0 Å². The van der Waals surface area contributed by atoms with Crippen LogP contribution >= 0.6 is 11.6 Å². The molecule has 0 saturated heterocycles. The maximum absolute atomic E-state index is 9.50. The molecular formula is C20H17ClN4. The van der Waals surface area contributed by atoms with Gasteiger partial charge < -0.3 is 0 Å². The van der Waals surface area contributed by atoms with Gasteiger partial charge in [-0.05, 0) is 43.7 Å². The molecule has 25 heavy (non-hydrogen) atoms. The zero-order valence-corrected chi connectivity index (χ0v) is 14.8. The van der Waals surface area contributed by atoms with Gasteiger partial charge >= 0.3 is 0 Å². The third-order valence-electron chi connectivity index (χ3n) is 4.07. The summed E-state index contributed by atoms with van der Waals surface area (Å²) in [5.41, 5.74) is 4.98. The molecule has 0 unspecified atom stereocenters. The fourth-order valence-electron chi connectivity index (χ4n) is 2.69. The summed E-state index contributed by atoms with van der Waals surface area (Å²) in [5, 5.41) is 14.8. The van der Waals surface area contributed by atoms with Gasteiger partial charge in [-0.25, -0.2) is 0 Å². The molecule has 0 spiro atoms. The van der Waals surface area contributed by atoms with E-state index in [1.54, 1.807) is 6.20 Å². The first-order valence-corrected chi connectivity index (χ1v) is 8.28. The zero-order chi connectivity index (χ0) is 17.8. The minimum Gasteiger partial charge on any atom is -0.265 e. The van der Waals surface area contributed by atoms with Gasteiger partial charge in [0.05, 0.1) is 23.5 Å². The number of aromatic nitrogens is 3. The lowest BCUT2D eigenvalue weighted by molar-refractivity contribution is 0.659. The van der Waals surface area contributed by atoms with Crippen LogP contribution in [0.15, 0.2) is 48.7 Å². The first-order chi connectivity index (χ1) is 12.1. The third kappa shape index (κ3) is 3.62. The number of nitrogens with zero attached hydrogens (tertiary/aromatic N) is 4.